The van der Waals surface area contributed by atoms with Gasteiger partial charge in [0.1, 0.15) is 12.2 Å². The molecule has 0 aromatic heterocycles. The van der Waals surface area contributed by atoms with E-state index < -0.39 is 22.8 Å². The molecule has 2 heterocycles. The minimum Gasteiger partial charge on any atom is -0.487 e. The maximum Gasteiger partial charge on any atom is 0.312 e. The summed E-state index contributed by atoms with van der Waals surface area (Å²) in [6.07, 6.45) is 0.363. The van der Waals surface area contributed by atoms with Crippen LogP contribution < -0.4 is 10.1 Å². The molecule has 2 saturated heterocycles. The van der Waals surface area contributed by atoms with Crippen LogP contribution in [0, 0.1) is 11.2 Å². The Bertz CT molecular complexity index is 639. The number of carbonyl (C=O) groups is 2. The molecular weight excluding hydrogens is 329 g/mol. The fraction of sp³-hybridized carbons (Fsp3) is 0.467. The van der Waals surface area contributed by atoms with Crippen LogP contribution in [0.5, 0.6) is 5.75 Å². The molecule has 2 aliphatic heterocycles. The van der Waals surface area contributed by atoms with E-state index in [-0.39, 0.29) is 49.3 Å². The lowest BCUT2D eigenvalue weighted by Gasteiger charge is -2.40. The van der Waals surface area contributed by atoms with Gasteiger partial charge in [0, 0.05) is 12.8 Å². The van der Waals surface area contributed by atoms with E-state index in [0.717, 1.165) is 0 Å². The molecule has 8 heteroatoms. The Kier molecular flexibility index (Phi) is 3.93. The van der Waals surface area contributed by atoms with Gasteiger partial charge in [-0.25, -0.2) is 4.39 Å². The average Bonchev–Trinajstić information content (AvgIpc) is 3.03. The first kappa shape index (κ1) is 16.0. The van der Waals surface area contributed by atoms with Crippen LogP contribution in [0.3, 0.4) is 0 Å². The number of hydrogen-bond donors (Lipinski definition) is 2. The summed E-state index contributed by atoms with van der Waals surface area (Å²) in [5.74, 6) is -1.94. The number of aliphatic carboxylic acids is 1. The summed E-state index contributed by atoms with van der Waals surface area (Å²) in [5, 5.41) is 11.9. The van der Waals surface area contributed by atoms with Crippen molar-refractivity contribution in [1.29, 1.82) is 0 Å². The predicted molar refractivity (Wildman–Crippen MR) is 77.9 cm³/mol. The molecule has 1 amide bonds. The molecule has 1 aromatic carbocycles. The third kappa shape index (κ3) is 2.64. The van der Waals surface area contributed by atoms with Crippen molar-refractivity contribution in [1.82, 2.24) is 5.32 Å². The van der Waals surface area contributed by atoms with Crippen molar-refractivity contribution in [3.05, 3.63) is 29.0 Å². The maximum atomic E-state index is 13.5. The number of fused-ring (bicyclic) bond motifs is 1. The van der Waals surface area contributed by atoms with Crippen molar-refractivity contribution in [2.24, 2.45) is 5.41 Å². The van der Waals surface area contributed by atoms with Gasteiger partial charge in [0.05, 0.1) is 23.6 Å². The summed E-state index contributed by atoms with van der Waals surface area (Å²) in [4.78, 5) is 23.3. The number of halogens is 2. The predicted octanol–water partition coefficient (Wildman–Crippen LogP) is 1.61. The van der Waals surface area contributed by atoms with Crippen molar-refractivity contribution >= 4 is 23.5 Å². The summed E-state index contributed by atoms with van der Waals surface area (Å²) >= 11 is 5.82. The zero-order valence-corrected chi connectivity index (χ0v) is 12.9. The second-order valence-corrected chi connectivity index (χ2v) is 6.28. The fourth-order valence-corrected chi connectivity index (χ4v) is 3.28. The highest BCUT2D eigenvalue weighted by molar-refractivity contribution is 6.32. The number of carboxylic acid groups (broad SMARTS) is 1. The Morgan fingerprint density at radius 2 is 2.17 bits per heavy atom. The summed E-state index contributed by atoms with van der Waals surface area (Å²) < 4.78 is 24.1. The molecule has 1 aromatic rings. The third-order valence-electron chi connectivity index (χ3n) is 4.29. The van der Waals surface area contributed by atoms with Gasteiger partial charge in [-0.3, -0.25) is 9.59 Å². The second-order valence-electron chi connectivity index (χ2n) is 5.88. The first-order valence-corrected chi connectivity index (χ1v) is 7.49. The van der Waals surface area contributed by atoms with E-state index in [1.807, 2.05) is 0 Å². The van der Waals surface area contributed by atoms with Gasteiger partial charge in [0.15, 0.2) is 11.6 Å². The Hall–Kier alpha value is -1.86. The van der Waals surface area contributed by atoms with Crippen LogP contribution >= 0.6 is 11.6 Å². The monoisotopic (exact) mass is 343 g/mol. The molecule has 6 nitrogen and oxygen atoms in total. The molecule has 0 atom stereocenters. The molecular formula is C15H15ClFNO5. The summed E-state index contributed by atoms with van der Waals surface area (Å²) in [7, 11) is 0. The van der Waals surface area contributed by atoms with Gasteiger partial charge in [0.2, 0.25) is 0 Å². The molecule has 1 saturated carbocycles. The van der Waals surface area contributed by atoms with Crippen LogP contribution in [-0.2, 0) is 14.3 Å². The lowest BCUT2D eigenvalue weighted by atomic mass is 9.62. The lowest BCUT2D eigenvalue weighted by molar-refractivity contribution is -0.158. The molecule has 3 aliphatic rings. The molecule has 3 fully saturated rings. The van der Waals surface area contributed by atoms with E-state index >= 15 is 0 Å². The minimum absolute atomic E-state index is 0.0343. The number of carbonyl (C=O) groups excluding carboxylic acids is 1. The van der Waals surface area contributed by atoms with E-state index in [0.29, 0.717) is 0 Å². The van der Waals surface area contributed by atoms with E-state index in [2.05, 4.69) is 5.32 Å². The Morgan fingerprint density at radius 1 is 1.43 bits per heavy atom. The molecule has 4 rings (SSSR count). The molecule has 1 aliphatic carbocycles. The van der Waals surface area contributed by atoms with Gasteiger partial charge in [-0.2, -0.15) is 0 Å². The largest absolute Gasteiger partial charge is 0.487 e. The molecule has 0 unspecified atom stereocenters. The number of rotatable bonds is 6. The van der Waals surface area contributed by atoms with E-state index in [4.69, 9.17) is 26.2 Å². The average molecular weight is 344 g/mol. The van der Waals surface area contributed by atoms with Crippen molar-refractivity contribution in [2.45, 2.75) is 18.4 Å². The number of carboxylic acids is 1. The maximum absolute atomic E-state index is 13.5. The number of para-hydroxylation sites is 1. The van der Waals surface area contributed by atoms with Crippen LogP contribution in [0.1, 0.15) is 12.8 Å². The number of benzene rings is 1. The zero-order valence-electron chi connectivity index (χ0n) is 12.1. The number of hydrogen-bond acceptors (Lipinski definition) is 4. The van der Waals surface area contributed by atoms with Crippen molar-refractivity contribution in [3.8, 4) is 5.75 Å². The highest BCUT2D eigenvalue weighted by atomic mass is 35.5. The summed E-state index contributed by atoms with van der Waals surface area (Å²) in [6, 6.07) is 4.20. The van der Waals surface area contributed by atoms with Crippen LogP contribution in [-0.4, -0.2) is 42.3 Å². The van der Waals surface area contributed by atoms with E-state index in [9.17, 15) is 14.0 Å². The minimum atomic E-state index is -1.05. The summed E-state index contributed by atoms with van der Waals surface area (Å²) in [6.45, 7) is 0.221. The first-order valence-electron chi connectivity index (χ1n) is 7.11. The smallest absolute Gasteiger partial charge is 0.312 e. The standard InChI is InChI=1S/C15H15ClFNO5/c16-9-2-1-3-10(17)11(9)22-5-4-18-12(19)15-6-14(7-15,8-23-15)13(20)21/h1-3H,4-8H2,(H,18,19)(H,20,21). The van der Waals surface area contributed by atoms with Gasteiger partial charge >= 0.3 is 5.97 Å². The van der Waals surface area contributed by atoms with E-state index in [1.165, 1.54) is 18.2 Å². The topological polar surface area (TPSA) is 84.9 Å². The van der Waals surface area contributed by atoms with Crippen LogP contribution in [0.2, 0.25) is 5.02 Å². The quantitative estimate of drug-likeness (QED) is 0.766. The summed E-state index contributed by atoms with van der Waals surface area (Å²) in [5.41, 5.74) is -1.97. The van der Waals surface area contributed by atoms with Crippen LogP contribution in [0.15, 0.2) is 18.2 Å². The van der Waals surface area contributed by atoms with Gasteiger partial charge in [-0.15, -0.1) is 0 Å². The molecule has 124 valence electrons. The Labute approximate surface area is 136 Å². The zero-order chi connectivity index (χ0) is 16.7. The Morgan fingerprint density at radius 3 is 2.78 bits per heavy atom. The normalized spacial score (nSPS) is 28.1. The fourth-order valence-electron chi connectivity index (χ4n) is 3.06. The lowest BCUT2D eigenvalue weighted by Crippen LogP contribution is -2.57. The molecule has 0 spiro atoms. The highest BCUT2D eigenvalue weighted by Crippen LogP contribution is 2.58. The van der Waals surface area contributed by atoms with Gasteiger partial charge < -0.3 is 19.9 Å². The second kappa shape index (κ2) is 5.65. The molecule has 23 heavy (non-hydrogen) atoms. The van der Waals surface area contributed by atoms with Crippen molar-refractivity contribution in [2.75, 3.05) is 19.8 Å². The van der Waals surface area contributed by atoms with Gasteiger partial charge in [-0.1, -0.05) is 17.7 Å². The number of ether oxygens (including phenoxy) is 2. The van der Waals surface area contributed by atoms with E-state index in [1.54, 1.807) is 0 Å². The number of nitrogens with one attached hydrogen (secondary N) is 1. The highest BCUT2D eigenvalue weighted by Gasteiger charge is 2.70. The molecule has 0 radical (unpaired) electrons. The molecule has 2 N–H and O–H groups in total. The number of amides is 1. The third-order valence-corrected chi connectivity index (χ3v) is 4.59. The van der Waals surface area contributed by atoms with Gasteiger partial charge in [-0.05, 0) is 12.1 Å². The Balaban J connectivity index is 1.47. The first-order chi connectivity index (χ1) is 10.9. The van der Waals surface area contributed by atoms with Crippen molar-refractivity contribution < 1.29 is 28.6 Å². The molecule has 2 bridgehead atoms. The van der Waals surface area contributed by atoms with Crippen LogP contribution in [0.25, 0.3) is 0 Å². The SMILES string of the molecule is O=C(O)C12COC(C(=O)NCCOc3c(F)cccc3Cl)(C1)C2. The van der Waals surface area contributed by atoms with Gasteiger partial charge in [0.25, 0.3) is 5.91 Å². The van der Waals surface area contributed by atoms with Crippen molar-refractivity contribution in [3.63, 3.8) is 0 Å². The van der Waals surface area contributed by atoms with Crippen LogP contribution in [0.4, 0.5) is 4.39 Å².